The molecular weight excluding hydrogens is 192 g/mol. The molecule has 1 aliphatic rings. The van der Waals surface area contributed by atoms with Crippen LogP contribution in [0.25, 0.3) is 0 Å². The molecule has 1 rings (SSSR count). The summed E-state index contributed by atoms with van der Waals surface area (Å²) in [7, 11) is 0. The van der Waals surface area contributed by atoms with Crippen molar-refractivity contribution in [1.29, 1.82) is 0 Å². The zero-order valence-electron chi connectivity index (χ0n) is 9.33. The van der Waals surface area contributed by atoms with Gasteiger partial charge >= 0.3 is 0 Å². The molecule has 0 spiro atoms. The zero-order chi connectivity index (χ0) is 10.6. The number of nitrogens with zero attached hydrogens (tertiary/aromatic N) is 1. The zero-order valence-corrected chi connectivity index (χ0v) is 10.1. The van der Waals surface area contributed by atoms with Gasteiger partial charge in [0.1, 0.15) is 0 Å². The maximum Gasteiger partial charge on any atom is 0.0901 e. The monoisotopic (exact) mass is 214 g/mol. The lowest BCUT2D eigenvalue weighted by atomic mass is 9.85. The van der Waals surface area contributed by atoms with Gasteiger partial charge in [-0.15, -0.1) is 0 Å². The van der Waals surface area contributed by atoms with E-state index in [1.54, 1.807) is 0 Å². The Balaban J connectivity index is 2.44. The molecule has 0 bridgehead atoms. The molecule has 0 heterocycles. The summed E-state index contributed by atoms with van der Waals surface area (Å²) in [5, 5.41) is 0. The van der Waals surface area contributed by atoms with Gasteiger partial charge in [-0.05, 0) is 31.7 Å². The summed E-state index contributed by atoms with van der Waals surface area (Å²) in [5.41, 5.74) is 5.75. The third-order valence-corrected chi connectivity index (χ3v) is 3.55. The quantitative estimate of drug-likeness (QED) is 0.687. The molecule has 0 radical (unpaired) electrons. The van der Waals surface area contributed by atoms with Crippen LogP contribution in [0.2, 0.25) is 0 Å². The lowest BCUT2D eigenvalue weighted by Crippen LogP contribution is -2.46. The highest BCUT2D eigenvalue weighted by Crippen LogP contribution is 2.27. The van der Waals surface area contributed by atoms with E-state index in [1.165, 1.54) is 25.8 Å². The van der Waals surface area contributed by atoms with Gasteiger partial charge in [0.05, 0.1) is 11.0 Å². The van der Waals surface area contributed by atoms with Gasteiger partial charge in [-0.3, -0.25) is 4.90 Å². The van der Waals surface area contributed by atoms with E-state index in [4.69, 9.17) is 18.0 Å². The summed E-state index contributed by atoms with van der Waals surface area (Å²) in [6.07, 6.45) is 5.23. The highest BCUT2D eigenvalue weighted by Gasteiger charge is 2.24. The van der Waals surface area contributed by atoms with E-state index in [1.807, 2.05) is 0 Å². The van der Waals surface area contributed by atoms with Crippen molar-refractivity contribution in [2.45, 2.75) is 45.6 Å². The molecule has 0 aliphatic heterocycles. The minimum absolute atomic E-state index is 0.315. The molecular formula is C11H22N2S. The van der Waals surface area contributed by atoms with E-state index >= 15 is 0 Å². The minimum Gasteiger partial charge on any atom is -0.392 e. The summed E-state index contributed by atoms with van der Waals surface area (Å²) in [5.74, 6) is 0.901. The standard InChI is InChI=1S/C11H22N2S/c1-3-10(11(12)14)13(4-2)8-9-6-5-7-9/h9-10H,3-8H2,1-2H3,(H2,12,14). The van der Waals surface area contributed by atoms with Gasteiger partial charge in [-0.25, -0.2) is 0 Å². The Morgan fingerprint density at radius 2 is 2.14 bits per heavy atom. The summed E-state index contributed by atoms with van der Waals surface area (Å²) in [4.78, 5) is 3.10. The van der Waals surface area contributed by atoms with Crippen LogP contribution < -0.4 is 5.73 Å². The molecule has 1 saturated carbocycles. The van der Waals surface area contributed by atoms with Crippen molar-refractivity contribution < 1.29 is 0 Å². The van der Waals surface area contributed by atoms with Crippen molar-refractivity contribution in [3.8, 4) is 0 Å². The maximum absolute atomic E-state index is 5.75. The second-order valence-corrected chi connectivity index (χ2v) is 4.68. The van der Waals surface area contributed by atoms with E-state index in [0.29, 0.717) is 11.0 Å². The van der Waals surface area contributed by atoms with Crippen molar-refractivity contribution in [2.75, 3.05) is 13.1 Å². The predicted molar refractivity (Wildman–Crippen MR) is 65.5 cm³/mol. The molecule has 14 heavy (non-hydrogen) atoms. The van der Waals surface area contributed by atoms with Crippen LogP contribution in [-0.4, -0.2) is 29.0 Å². The summed E-state index contributed by atoms with van der Waals surface area (Å²) in [6, 6.07) is 0.315. The lowest BCUT2D eigenvalue weighted by molar-refractivity contribution is 0.164. The van der Waals surface area contributed by atoms with Crippen LogP contribution in [0.1, 0.15) is 39.5 Å². The number of hydrogen-bond acceptors (Lipinski definition) is 2. The predicted octanol–water partition coefficient (Wildman–Crippen LogP) is 2.17. The van der Waals surface area contributed by atoms with Gasteiger partial charge < -0.3 is 5.73 Å². The molecule has 2 nitrogen and oxygen atoms in total. The first-order valence-electron chi connectivity index (χ1n) is 5.72. The Kier molecular flexibility index (Phi) is 4.82. The van der Waals surface area contributed by atoms with E-state index in [2.05, 4.69) is 18.7 Å². The van der Waals surface area contributed by atoms with E-state index in [-0.39, 0.29) is 0 Å². The Morgan fingerprint density at radius 3 is 2.43 bits per heavy atom. The van der Waals surface area contributed by atoms with Gasteiger partial charge in [-0.2, -0.15) is 0 Å². The molecule has 1 unspecified atom stereocenters. The first kappa shape index (κ1) is 11.9. The first-order chi connectivity index (χ1) is 6.69. The smallest absolute Gasteiger partial charge is 0.0901 e. The number of rotatable bonds is 6. The van der Waals surface area contributed by atoms with Crippen LogP contribution in [0.3, 0.4) is 0 Å². The van der Waals surface area contributed by atoms with Crippen LogP contribution in [0.4, 0.5) is 0 Å². The summed E-state index contributed by atoms with van der Waals surface area (Å²) < 4.78 is 0. The van der Waals surface area contributed by atoms with Gasteiger partial charge in [0.2, 0.25) is 0 Å². The normalized spacial score (nSPS) is 19.4. The highest BCUT2D eigenvalue weighted by molar-refractivity contribution is 7.80. The fourth-order valence-electron chi connectivity index (χ4n) is 2.12. The van der Waals surface area contributed by atoms with Crippen molar-refractivity contribution >= 4 is 17.2 Å². The summed E-state index contributed by atoms with van der Waals surface area (Å²) in [6.45, 7) is 6.60. The maximum atomic E-state index is 5.75. The minimum atomic E-state index is 0.315. The average molecular weight is 214 g/mol. The fourth-order valence-corrected chi connectivity index (χ4v) is 2.44. The lowest BCUT2D eigenvalue weighted by Gasteiger charge is -2.36. The second-order valence-electron chi connectivity index (χ2n) is 4.21. The Morgan fingerprint density at radius 1 is 1.50 bits per heavy atom. The van der Waals surface area contributed by atoms with Crippen molar-refractivity contribution in [3.63, 3.8) is 0 Å². The van der Waals surface area contributed by atoms with E-state index in [0.717, 1.165) is 18.9 Å². The van der Waals surface area contributed by atoms with Crippen LogP contribution in [0, 0.1) is 5.92 Å². The van der Waals surface area contributed by atoms with Crippen molar-refractivity contribution in [3.05, 3.63) is 0 Å². The number of hydrogen-bond donors (Lipinski definition) is 1. The molecule has 82 valence electrons. The van der Waals surface area contributed by atoms with Crippen LogP contribution in [0.15, 0.2) is 0 Å². The number of thiocarbonyl (C=S) groups is 1. The number of likely N-dealkylation sites (N-methyl/N-ethyl adjacent to an activating group) is 1. The van der Waals surface area contributed by atoms with E-state index in [9.17, 15) is 0 Å². The molecule has 0 aromatic carbocycles. The second kappa shape index (κ2) is 5.66. The third kappa shape index (κ3) is 2.92. The van der Waals surface area contributed by atoms with Crippen molar-refractivity contribution in [1.82, 2.24) is 4.90 Å². The molecule has 1 aliphatic carbocycles. The Labute approximate surface area is 92.8 Å². The third-order valence-electron chi connectivity index (χ3n) is 3.28. The largest absolute Gasteiger partial charge is 0.392 e. The molecule has 2 N–H and O–H groups in total. The van der Waals surface area contributed by atoms with Crippen LogP contribution in [-0.2, 0) is 0 Å². The van der Waals surface area contributed by atoms with Gasteiger partial charge in [-0.1, -0.05) is 32.5 Å². The molecule has 0 aromatic heterocycles. The number of nitrogens with two attached hydrogens (primary N) is 1. The van der Waals surface area contributed by atoms with Crippen molar-refractivity contribution in [2.24, 2.45) is 11.7 Å². The fraction of sp³-hybridized carbons (Fsp3) is 0.909. The molecule has 1 atom stereocenters. The molecule has 0 amide bonds. The Hall–Kier alpha value is -0.150. The highest BCUT2D eigenvalue weighted by atomic mass is 32.1. The molecule has 3 heteroatoms. The summed E-state index contributed by atoms with van der Waals surface area (Å²) >= 11 is 5.10. The molecule has 0 aromatic rings. The van der Waals surface area contributed by atoms with E-state index < -0.39 is 0 Å². The van der Waals surface area contributed by atoms with Gasteiger partial charge in [0, 0.05) is 6.54 Å². The SMILES string of the molecule is CCC(C(N)=S)N(CC)CC1CCC1. The topological polar surface area (TPSA) is 29.3 Å². The van der Waals surface area contributed by atoms with Crippen LogP contribution in [0.5, 0.6) is 0 Å². The van der Waals surface area contributed by atoms with Gasteiger partial charge in [0.15, 0.2) is 0 Å². The van der Waals surface area contributed by atoms with Gasteiger partial charge in [0.25, 0.3) is 0 Å². The average Bonchev–Trinajstić information content (AvgIpc) is 2.08. The Bertz CT molecular complexity index is 190. The molecule has 1 fully saturated rings. The van der Waals surface area contributed by atoms with Crippen LogP contribution >= 0.6 is 12.2 Å². The first-order valence-corrected chi connectivity index (χ1v) is 6.13. The molecule has 0 saturated heterocycles.